The van der Waals surface area contributed by atoms with E-state index in [9.17, 15) is 19.8 Å². The van der Waals surface area contributed by atoms with Gasteiger partial charge in [0.1, 0.15) is 5.78 Å². The third kappa shape index (κ3) is 1.33. The van der Waals surface area contributed by atoms with Crippen LogP contribution in [-0.4, -0.2) is 27.6 Å². The Bertz CT molecular complexity index is 384. The van der Waals surface area contributed by atoms with E-state index in [1.165, 1.54) is 0 Å². The third-order valence-electron chi connectivity index (χ3n) is 5.24. The van der Waals surface area contributed by atoms with Gasteiger partial charge in [-0.1, -0.05) is 0 Å². The molecule has 0 saturated heterocycles. The number of Topliss-reactive ketones (excluding diaryl/α,β-unsaturated/α-hetero) is 1. The fraction of sp³-hybridized carbons (Fsp3) is 0.846. The predicted octanol–water partition coefficient (Wildman–Crippen LogP) is 1.36. The Hall–Kier alpha value is -0.900. The molecule has 0 aromatic carbocycles. The molecule has 4 aliphatic carbocycles. The molecule has 0 amide bonds. The Morgan fingerprint density at radius 3 is 2.18 bits per heavy atom. The van der Waals surface area contributed by atoms with Crippen molar-refractivity contribution in [3.63, 3.8) is 0 Å². The van der Waals surface area contributed by atoms with E-state index in [2.05, 4.69) is 0 Å². The molecule has 0 aliphatic heterocycles. The van der Waals surface area contributed by atoms with Crippen molar-refractivity contribution in [1.29, 1.82) is 0 Å². The van der Waals surface area contributed by atoms with E-state index in [0.717, 1.165) is 6.42 Å². The smallest absolute Gasteiger partial charge is 0.309 e. The van der Waals surface area contributed by atoms with Crippen LogP contribution in [0.2, 0.25) is 0 Å². The van der Waals surface area contributed by atoms with Crippen molar-refractivity contribution in [3.8, 4) is 0 Å². The van der Waals surface area contributed by atoms with E-state index in [1.807, 2.05) is 0 Å². The second kappa shape index (κ2) is 2.91. The van der Waals surface area contributed by atoms with Crippen molar-refractivity contribution in [2.75, 3.05) is 0 Å². The zero-order chi connectivity index (χ0) is 12.5. The quantitative estimate of drug-likeness (QED) is 0.761. The maximum Gasteiger partial charge on any atom is 0.309 e. The summed E-state index contributed by atoms with van der Waals surface area (Å²) in [6.07, 6.45) is 3.33. The number of carbonyl (C=O) groups is 2. The molecule has 4 bridgehead atoms. The zero-order valence-corrected chi connectivity index (χ0v) is 10.0. The minimum atomic E-state index is -0.913. The molecule has 0 aromatic heterocycles. The van der Waals surface area contributed by atoms with Crippen molar-refractivity contribution in [2.45, 2.75) is 51.0 Å². The average Bonchev–Trinajstić information content (AvgIpc) is 2.12. The lowest BCUT2D eigenvalue weighted by atomic mass is 9.42. The zero-order valence-electron chi connectivity index (χ0n) is 10.0. The summed E-state index contributed by atoms with van der Waals surface area (Å²) in [5, 5.41) is 20.0. The van der Waals surface area contributed by atoms with Crippen LogP contribution < -0.4 is 0 Å². The Kier molecular flexibility index (Phi) is 1.92. The number of hydrogen-bond acceptors (Lipinski definition) is 3. The molecule has 94 valence electrons. The van der Waals surface area contributed by atoms with Crippen molar-refractivity contribution in [1.82, 2.24) is 0 Å². The fourth-order valence-corrected chi connectivity index (χ4v) is 5.02. The molecule has 4 unspecified atom stereocenters. The number of hydrogen-bond donors (Lipinski definition) is 2. The van der Waals surface area contributed by atoms with Gasteiger partial charge < -0.3 is 10.2 Å². The molecule has 2 N–H and O–H groups in total. The van der Waals surface area contributed by atoms with Gasteiger partial charge in [0.15, 0.2) is 0 Å². The molecule has 0 heterocycles. The highest BCUT2D eigenvalue weighted by molar-refractivity contribution is 5.85. The van der Waals surface area contributed by atoms with Gasteiger partial charge in [0.25, 0.3) is 0 Å². The molecule has 4 aliphatic rings. The van der Waals surface area contributed by atoms with Crippen molar-refractivity contribution in [2.24, 2.45) is 16.7 Å². The molecule has 4 atom stereocenters. The topological polar surface area (TPSA) is 74.6 Å². The molecule has 4 nitrogen and oxygen atoms in total. The highest BCUT2D eigenvalue weighted by Crippen LogP contribution is 2.66. The first-order valence-electron chi connectivity index (χ1n) is 6.26. The van der Waals surface area contributed by atoms with Gasteiger partial charge in [-0.3, -0.25) is 9.59 Å². The van der Waals surface area contributed by atoms with Crippen LogP contribution in [0.5, 0.6) is 0 Å². The molecule has 4 rings (SSSR count). The molecular weight excluding hydrogens is 220 g/mol. The van der Waals surface area contributed by atoms with E-state index in [0.29, 0.717) is 32.1 Å². The largest absolute Gasteiger partial charge is 0.481 e. The first-order chi connectivity index (χ1) is 7.79. The molecule has 0 aromatic rings. The van der Waals surface area contributed by atoms with Gasteiger partial charge in [-0.05, 0) is 51.4 Å². The number of carboxylic acids is 1. The summed E-state index contributed by atoms with van der Waals surface area (Å²) < 4.78 is 0. The van der Waals surface area contributed by atoms with Crippen molar-refractivity contribution < 1.29 is 19.8 Å². The van der Waals surface area contributed by atoms with E-state index in [-0.39, 0.29) is 11.7 Å². The number of aliphatic carboxylic acids is 1. The number of rotatable bonds is 2. The van der Waals surface area contributed by atoms with Crippen LogP contribution in [0.15, 0.2) is 0 Å². The molecule has 4 saturated carbocycles. The van der Waals surface area contributed by atoms with Crippen LogP contribution in [0.1, 0.15) is 45.4 Å². The van der Waals surface area contributed by atoms with E-state index in [1.54, 1.807) is 6.92 Å². The number of ketones is 1. The lowest BCUT2D eigenvalue weighted by molar-refractivity contribution is -0.211. The van der Waals surface area contributed by atoms with E-state index in [4.69, 9.17) is 0 Å². The molecular formula is C13H18O4. The number of carboxylic acid groups (broad SMARTS) is 1. The summed E-state index contributed by atoms with van der Waals surface area (Å²) in [6.45, 7) is 1.55. The van der Waals surface area contributed by atoms with Crippen LogP contribution in [0.25, 0.3) is 0 Å². The molecule has 17 heavy (non-hydrogen) atoms. The molecule has 0 radical (unpaired) electrons. The summed E-state index contributed by atoms with van der Waals surface area (Å²) in [5.74, 6) is -0.562. The lowest BCUT2D eigenvalue weighted by Gasteiger charge is -2.62. The first kappa shape index (κ1) is 11.2. The fourth-order valence-electron chi connectivity index (χ4n) is 5.02. The second-order valence-corrected chi connectivity index (χ2v) is 6.66. The van der Waals surface area contributed by atoms with E-state index < -0.39 is 22.4 Å². The van der Waals surface area contributed by atoms with Gasteiger partial charge in [0.05, 0.1) is 11.0 Å². The normalized spacial score (nSPS) is 51.5. The minimum Gasteiger partial charge on any atom is -0.481 e. The SMILES string of the molecule is CC(=O)C12CC3CC(O)(C1)CC(C(=O)O)(C3)C2. The van der Waals surface area contributed by atoms with Crippen molar-refractivity contribution in [3.05, 3.63) is 0 Å². The predicted molar refractivity (Wildman–Crippen MR) is 59.3 cm³/mol. The standard InChI is InChI=1S/C13H18O4/c1-8(14)11-2-9-3-12(5-11,10(15)16)7-13(17,4-9)6-11/h9,17H,2-7H2,1H3,(H,15,16). The Morgan fingerprint density at radius 1 is 1.06 bits per heavy atom. The maximum absolute atomic E-state index is 11.9. The second-order valence-electron chi connectivity index (χ2n) is 6.66. The monoisotopic (exact) mass is 238 g/mol. The van der Waals surface area contributed by atoms with Gasteiger partial charge in [-0.2, -0.15) is 0 Å². The van der Waals surface area contributed by atoms with Crippen LogP contribution in [-0.2, 0) is 9.59 Å². The van der Waals surface area contributed by atoms with Gasteiger partial charge in [-0.25, -0.2) is 0 Å². The van der Waals surface area contributed by atoms with E-state index >= 15 is 0 Å². The number of carbonyl (C=O) groups excluding carboxylic acids is 1. The highest BCUT2D eigenvalue weighted by Gasteiger charge is 2.67. The Labute approximate surface area is 100 Å². The summed E-state index contributed by atoms with van der Waals surface area (Å²) >= 11 is 0. The van der Waals surface area contributed by atoms with Gasteiger partial charge in [-0.15, -0.1) is 0 Å². The Balaban J connectivity index is 2.09. The summed E-state index contributed by atoms with van der Waals surface area (Å²) in [7, 11) is 0. The molecule has 4 heteroatoms. The van der Waals surface area contributed by atoms with Crippen LogP contribution >= 0.6 is 0 Å². The minimum absolute atomic E-state index is 0.0608. The van der Waals surface area contributed by atoms with Crippen LogP contribution in [0.4, 0.5) is 0 Å². The molecule has 0 spiro atoms. The van der Waals surface area contributed by atoms with Gasteiger partial charge in [0.2, 0.25) is 0 Å². The molecule has 4 fully saturated rings. The third-order valence-corrected chi connectivity index (χ3v) is 5.24. The maximum atomic E-state index is 11.9. The summed E-state index contributed by atoms with van der Waals surface area (Å²) in [4.78, 5) is 23.4. The van der Waals surface area contributed by atoms with Gasteiger partial charge >= 0.3 is 5.97 Å². The van der Waals surface area contributed by atoms with Crippen LogP contribution in [0, 0.1) is 16.7 Å². The highest BCUT2D eigenvalue weighted by atomic mass is 16.4. The Morgan fingerprint density at radius 2 is 1.65 bits per heavy atom. The summed E-state index contributed by atoms with van der Waals surface area (Å²) in [6, 6.07) is 0. The lowest BCUT2D eigenvalue weighted by Crippen LogP contribution is -2.63. The average molecular weight is 238 g/mol. The van der Waals surface area contributed by atoms with Crippen LogP contribution in [0.3, 0.4) is 0 Å². The first-order valence-corrected chi connectivity index (χ1v) is 6.26. The summed E-state index contributed by atoms with van der Waals surface area (Å²) in [5.41, 5.74) is -2.32. The van der Waals surface area contributed by atoms with Crippen molar-refractivity contribution >= 4 is 11.8 Å². The van der Waals surface area contributed by atoms with Gasteiger partial charge in [0, 0.05) is 5.41 Å². The number of aliphatic hydroxyl groups is 1.